The van der Waals surface area contributed by atoms with Crippen molar-refractivity contribution in [2.75, 3.05) is 13.2 Å². The average Bonchev–Trinajstić information content (AvgIpc) is 2.64. The van der Waals surface area contributed by atoms with Crippen LogP contribution >= 0.6 is 0 Å². The zero-order valence-electron chi connectivity index (χ0n) is 15.5. The van der Waals surface area contributed by atoms with Crippen LogP contribution in [-0.2, 0) is 6.42 Å². The molecule has 2 atom stereocenters. The van der Waals surface area contributed by atoms with Crippen molar-refractivity contribution in [3.63, 3.8) is 0 Å². The predicted molar refractivity (Wildman–Crippen MR) is 101 cm³/mol. The van der Waals surface area contributed by atoms with Crippen LogP contribution < -0.4 is 10.1 Å². The van der Waals surface area contributed by atoms with E-state index >= 15 is 0 Å². The fourth-order valence-corrected chi connectivity index (χ4v) is 2.24. The lowest BCUT2D eigenvalue weighted by Gasteiger charge is -2.17. The molecule has 140 valence electrons. The van der Waals surface area contributed by atoms with Gasteiger partial charge in [-0.2, -0.15) is 5.11 Å². The van der Waals surface area contributed by atoms with Gasteiger partial charge < -0.3 is 15.2 Å². The lowest BCUT2D eigenvalue weighted by molar-refractivity contribution is 0.101. The number of nitrogens with one attached hydrogen (secondary N) is 1. The summed E-state index contributed by atoms with van der Waals surface area (Å²) in [5, 5.41) is 29.2. The largest absolute Gasteiger partial charge is 0.474 e. The lowest BCUT2D eigenvalue weighted by Crippen LogP contribution is -2.37. The van der Waals surface area contributed by atoms with Crippen LogP contribution in [0.2, 0.25) is 0 Å². The number of aliphatic hydroxyl groups is 1. The Morgan fingerprint density at radius 3 is 2.50 bits per heavy atom. The van der Waals surface area contributed by atoms with E-state index in [1.54, 1.807) is 12.1 Å². The number of hydrogen-bond donors (Lipinski definition) is 2. The number of aromatic nitrogens is 2. The van der Waals surface area contributed by atoms with Gasteiger partial charge in [0.1, 0.15) is 12.7 Å². The average molecular weight is 357 g/mol. The van der Waals surface area contributed by atoms with Crippen molar-refractivity contribution in [1.82, 2.24) is 15.5 Å². The Kier molecular flexibility index (Phi) is 8.11. The van der Waals surface area contributed by atoms with Gasteiger partial charge in [0, 0.05) is 18.7 Å². The fraction of sp³-hybridized carbons (Fsp3) is 0.474. The molecule has 0 amide bonds. The number of benzene rings is 1. The zero-order chi connectivity index (χ0) is 18.8. The summed E-state index contributed by atoms with van der Waals surface area (Å²) < 4.78 is 5.46. The molecule has 26 heavy (non-hydrogen) atoms. The summed E-state index contributed by atoms with van der Waals surface area (Å²) in [6.07, 6.45) is 0.280. The Hall–Kier alpha value is -2.38. The molecule has 2 unspecified atom stereocenters. The van der Waals surface area contributed by atoms with E-state index in [1.807, 2.05) is 32.0 Å². The Balaban J connectivity index is 1.68. The van der Waals surface area contributed by atoms with Gasteiger partial charge in [-0.05, 0) is 38.8 Å². The minimum absolute atomic E-state index is 0.111. The van der Waals surface area contributed by atoms with E-state index in [9.17, 15) is 5.11 Å². The standard InChI is InChI=1S/C19H27N5O2/c1-14(2)21-22-18-9-10-19(24-23-18)26-13-17(25)12-20-15(3)11-16-7-5-4-6-8-16/h4-10,14-15,17,20,25H,11-13H2,1-3H3. The molecule has 0 fully saturated rings. The van der Waals surface area contributed by atoms with Gasteiger partial charge in [0.2, 0.25) is 5.88 Å². The van der Waals surface area contributed by atoms with Gasteiger partial charge >= 0.3 is 0 Å². The van der Waals surface area contributed by atoms with Crippen LogP contribution in [0, 0.1) is 0 Å². The molecule has 2 aromatic rings. The van der Waals surface area contributed by atoms with Crippen molar-refractivity contribution in [2.45, 2.75) is 45.4 Å². The van der Waals surface area contributed by atoms with Crippen molar-refractivity contribution in [3.05, 3.63) is 48.0 Å². The molecule has 7 heteroatoms. The number of ether oxygens (including phenoxy) is 1. The molecule has 0 bridgehead atoms. The summed E-state index contributed by atoms with van der Waals surface area (Å²) in [5.74, 6) is 0.785. The highest BCUT2D eigenvalue weighted by atomic mass is 16.5. The van der Waals surface area contributed by atoms with E-state index in [0.29, 0.717) is 18.2 Å². The predicted octanol–water partition coefficient (Wildman–Crippen LogP) is 2.93. The molecule has 0 saturated heterocycles. The highest BCUT2D eigenvalue weighted by Gasteiger charge is 2.09. The molecule has 0 aliphatic carbocycles. The maximum Gasteiger partial charge on any atom is 0.233 e. The van der Waals surface area contributed by atoms with Crippen LogP contribution in [0.1, 0.15) is 26.3 Å². The zero-order valence-corrected chi connectivity index (χ0v) is 15.5. The smallest absolute Gasteiger partial charge is 0.233 e. The minimum Gasteiger partial charge on any atom is -0.474 e. The van der Waals surface area contributed by atoms with Crippen LogP contribution in [-0.4, -0.2) is 46.6 Å². The van der Waals surface area contributed by atoms with Crippen molar-refractivity contribution in [3.8, 4) is 5.88 Å². The SMILES string of the molecule is CC(C)N=Nc1ccc(OCC(O)CNC(C)Cc2ccccc2)nn1. The molecule has 7 nitrogen and oxygen atoms in total. The monoisotopic (exact) mass is 357 g/mol. The third-order valence-electron chi connectivity index (χ3n) is 3.53. The molecule has 0 saturated carbocycles. The van der Waals surface area contributed by atoms with E-state index in [0.717, 1.165) is 6.42 Å². The first kappa shape index (κ1) is 19.9. The number of rotatable bonds is 10. The Bertz CT molecular complexity index is 661. The summed E-state index contributed by atoms with van der Waals surface area (Å²) in [4.78, 5) is 0. The third kappa shape index (κ3) is 7.67. The van der Waals surface area contributed by atoms with Gasteiger partial charge in [0.05, 0.1) is 6.04 Å². The van der Waals surface area contributed by atoms with E-state index < -0.39 is 6.10 Å². The van der Waals surface area contributed by atoms with E-state index in [-0.39, 0.29) is 18.7 Å². The first-order valence-corrected chi connectivity index (χ1v) is 8.85. The lowest BCUT2D eigenvalue weighted by atomic mass is 10.1. The topological polar surface area (TPSA) is 92.0 Å². The molecule has 1 aromatic heterocycles. The molecule has 2 rings (SSSR count). The van der Waals surface area contributed by atoms with E-state index in [1.165, 1.54) is 5.56 Å². The molecule has 0 radical (unpaired) electrons. The normalized spacial score (nSPS) is 13.9. The maximum absolute atomic E-state index is 10.1. The van der Waals surface area contributed by atoms with Gasteiger partial charge in [0.25, 0.3) is 0 Å². The van der Waals surface area contributed by atoms with Crippen LogP contribution in [0.25, 0.3) is 0 Å². The molecule has 2 N–H and O–H groups in total. The van der Waals surface area contributed by atoms with Crippen molar-refractivity contribution in [2.24, 2.45) is 10.2 Å². The molecular formula is C19H27N5O2. The highest BCUT2D eigenvalue weighted by molar-refractivity contribution is 5.26. The van der Waals surface area contributed by atoms with Gasteiger partial charge in [-0.15, -0.1) is 15.3 Å². The molecule has 1 aromatic carbocycles. The van der Waals surface area contributed by atoms with E-state index in [4.69, 9.17) is 4.74 Å². The molecule has 0 aliphatic rings. The summed E-state index contributed by atoms with van der Waals surface area (Å²) >= 11 is 0. The molecular weight excluding hydrogens is 330 g/mol. The van der Waals surface area contributed by atoms with Crippen molar-refractivity contribution in [1.29, 1.82) is 0 Å². The Labute approximate surface area is 154 Å². The first-order chi connectivity index (χ1) is 12.5. The molecule has 0 aliphatic heterocycles. The van der Waals surface area contributed by atoms with Crippen LogP contribution in [0.4, 0.5) is 5.82 Å². The summed E-state index contributed by atoms with van der Waals surface area (Å²) in [6.45, 7) is 6.56. The van der Waals surface area contributed by atoms with Crippen LogP contribution in [0.15, 0.2) is 52.7 Å². The number of aliphatic hydroxyl groups excluding tert-OH is 1. The maximum atomic E-state index is 10.1. The Morgan fingerprint density at radius 2 is 1.85 bits per heavy atom. The van der Waals surface area contributed by atoms with Crippen molar-refractivity contribution >= 4 is 5.82 Å². The number of nitrogens with zero attached hydrogens (tertiary/aromatic N) is 4. The second-order valence-corrected chi connectivity index (χ2v) is 6.50. The van der Waals surface area contributed by atoms with Gasteiger partial charge in [-0.1, -0.05) is 30.3 Å². The second-order valence-electron chi connectivity index (χ2n) is 6.50. The van der Waals surface area contributed by atoms with Gasteiger partial charge in [-0.25, -0.2) is 0 Å². The highest BCUT2D eigenvalue weighted by Crippen LogP contribution is 2.12. The quantitative estimate of drug-likeness (QED) is 0.638. The summed E-state index contributed by atoms with van der Waals surface area (Å²) in [5.41, 5.74) is 1.27. The number of azo groups is 1. The second kappa shape index (κ2) is 10.6. The number of hydrogen-bond acceptors (Lipinski definition) is 7. The molecule has 0 spiro atoms. The van der Waals surface area contributed by atoms with Crippen LogP contribution in [0.5, 0.6) is 5.88 Å². The van der Waals surface area contributed by atoms with E-state index in [2.05, 4.69) is 44.8 Å². The summed E-state index contributed by atoms with van der Waals surface area (Å²) in [7, 11) is 0. The first-order valence-electron chi connectivity index (χ1n) is 8.85. The fourth-order valence-electron chi connectivity index (χ4n) is 2.24. The van der Waals surface area contributed by atoms with Gasteiger partial charge in [-0.3, -0.25) is 0 Å². The third-order valence-corrected chi connectivity index (χ3v) is 3.53. The minimum atomic E-state index is -0.629. The van der Waals surface area contributed by atoms with Gasteiger partial charge in [0.15, 0.2) is 5.82 Å². The Morgan fingerprint density at radius 1 is 1.08 bits per heavy atom. The van der Waals surface area contributed by atoms with Crippen molar-refractivity contribution < 1.29 is 9.84 Å². The molecule has 1 heterocycles. The van der Waals surface area contributed by atoms with Crippen LogP contribution in [0.3, 0.4) is 0 Å². The summed E-state index contributed by atoms with van der Waals surface area (Å²) in [6, 6.07) is 14.0.